The van der Waals surface area contributed by atoms with Crippen molar-refractivity contribution in [2.24, 2.45) is 5.92 Å². The van der Waals surface area contributed by atoms with Gasteiger partial charge >= 0.3 is 6.16 Å². The molecule has 1 saturated carbocycles. The second kappa shape index (κ2) is 10.6. The average molecular weight is 351 g/mol. The number of carbonyl (C=O) groups excluding carboxylic acids is 1. The summed E-state index contributed by atoms with van der Waals surface area (Å²) in [6.07, 6.45) is 4.67. The minimum Gasteiger partial charge on any atom is -0.497 e. The molecule has 0 unspecified atom stereocenters. The highest BCUT2D eigenvalue weighted by Crippen LogP contribution is 2.26. The van der Waals surface area contributed by atoms with Crippen LogP contribution in [0.4, 0.5) is 4.79 Å². The van der Waals surface area contributed by atoms with E-state index >= 15 is 0 Å². The van der Waals surface area contributed by atoms with E-state index in [1.54, 1.807) is 7.11 Å². The first-order chi connectivity index (χ1) is 11.8. The molecule has 1 aromatic carbocycles. The fraction of sp³-hybridized carbons (Fsp3) is 0.579. The van der Waals surface area contributed by atoms with Gasteiger partial charge in [-0.25, -0.2) is 4.79 Å². The van der Waals surface area contributed by atoms with Crippen molar-refractivity contribution in [2.45, 2.75) is 58.4 Å². The Labute approximate surface area is 149 Å². The standard InChI is InChI=1S/C18H27NO2.CH2O3/c1-4-14-5-8-16(9-6-14)19-18(20)12-15-7-10-17(21-3)11-13(15)2;2-1(3)4/h7,10-11,14,16H,4-6,8-9,12H2,1-3H3,(H,19,20);(H2,2,3,4). The Morgan fingerprint density at radius 1 is 1.20 bits per heavy atom. The Morgan fingerprint density at radius 2 is 1.80 bits per heavy atom. The lowest BCUT2D eigenvalue weighted by Gasteiger charge is -2.28. The van der Waals surface area contributed by atoms with Crippen LogP contribution in [0.25, 0.3) is 0 Å². The van der Waals surface area contributed by atoms with E-state index in [0.29, 0.717) is 12.5 Å². The minimum absolute atomic E-state index is 0.142. The molecule has 1 aliphatic carbocycles. The van der Waals surface area contributed by atoms with Crippen molar-refractivity contribution >= 4 is 12.1 Å². The van der Waals surface area contributed by atoms with E-state index in [1.807, 2.05) is 25.1 Å². The number of ether oxygens (including phenoxy) is 1. The number of carboxylic acid groups (broad SMARTS) is 2. The zero-order chi connectivity index (χ0) is 18.8. The highest BCUT2D eigenvalue weighted by Gasteiger charge is 2.21. The van der Waals surface area contributed by atoms with Gasteiger partial charge in [0.25, 0.3) is 0 Å². The van der Waals surface area contributed by atoms with Gasteiger partial charge in [-0.1, -0.05) is 19.4 Å². The van der Waals surface area contributed by atoms with Crippen molar-refractivity contribution in [1.82, 2.24) is 5.32 Å². The third-order valence-corrected chi connectivity index (χ3v) is 4.69. The van der Waals surface area contributed by atoms with E-state index in [-0.39, 0.29) is 5.91 Å². The van der Waals surface area contributed by atoms with E-state index in [1.165, 1.54) is 19.3 Å². The maximum absolute atomic E-state index is 12.2. The molecular formula is C19H29NO5. The fourth-order valence-electron chi connectivity index (χ4n) is 3.16. The topological polar surface area (TPSA) is 95.9 Å². The summed E-state index contributed by atoms with van der Waals surface area (Å²) >= 11 is 0. The Morgan fingerprint density at radius 3 is 2.28 bits per heavy atom. The number of hydrogen-bond acceptors (Lipinski definition) is 3. The maximum atomic E-state index is 12.2. The van der Waals surface area contributed by atoms with Crippen molar-refractivity contribution in [3.05, 3.63) is 29.3 Å². The lowest BCUT2D eigenvalue weighted by molar-refractivity contribution is -0.121. The van der Waals surface area contributed by atoms with E-state index in [0.717, 1.165) is 35.6 Å². The van der Waals surface area contributed by atoms with E-state index in [4.69, 9.17) is 19.7 Å². The third-order valence-electron chi connectivity index (χ3n) is 4.69. The molecule has 140 valence electrons. The highest BCUT2D eigenvalue weighted by atomic mass is 16.6. The molecule has 6 heteroatoms. The van der Waals surface area contributed by atoms with Crippen LogP contribution in [0.1, 0.15) is 50.2 Å². The van der Waals surface area contributed by atoms with Crippen LogP contribution >= 0.6 is 0 Å². The monoisotopic (exact) mass is 351 g/mol. The van der Waals surface area contributed by atoms with Gasteiger partial charge in [-0.2, -0.15) is 0 Å². The number of carbonyl (C=O) groups is 2. The molecule has 0 aliphatic heterocycles. The second-order valence-electron chi connectivity index (χ2n) is 6.45. The largest absolute Gasteiger partial charge is 0.503 e. The van der Waals surface area contributed by atoms with E-state index in [2.05, 4.69) is 12.2 Å². The van der Waals surface area contributed by atoms with Crippen LogP contribution < -0.4 is 10.1 Å². The van der Waals surface area contributed by atoms with Crippen molar-refractivity contribution in [1.29, 1.82) is 0 Å². The predicted molar refractivity (Wildman–Crippen MR) is 96.3 cm³/mol. The molecule has 1 aromatic rings. The lowest BCUT2D eigenvalue weighted by Crippen LogP contribution is -2.38. The summed E-state index contributed by atoms with van der Waals surface area (Å²) < 4.78 is 5.20. The maximum Gasteiger partial charge on any atom is 0.503 e. The number of amides is 1. The highest BCUT2D eigenvalue weighted by molar-refractivity contribution is 5.79. The van der Waals surface area contributed by atoms with Crippen molar-refractivity contribution in [3.63, 3.8) is 0 Å². The number of rotatable bonds is 5. The molecular weight excluding hydrogens is 322 g/mol. The number of methoxy groups -OCH3 is 1. The van der Waals surface area contributed by atoms with Crippen LogP contribution in [0.5, 0.6) is 5.75 Å². The van der Waals surface area contributed by atoms with Gasteiger partial charge in [0.1, 0.15) is 5.75 Å². The molecule has 0 saturated heterocycles. The lowest BCUT2D eigenvalue weighted by atomic mass is 9.84. The Hall–Kier alpha value is -2.24. The quantitative estimate of drug-likeness (QED) is 0.749. The molecule has 3 N–H and O–H groups in total. The van der Waals surface area contributed by atoms with Gasteiger partial charge in [0.2, 0.25) is 5.91 Å². The van der Waals surface area contributed by atoms with Crippen molar-refractivity contribution < 1.29 is 24.5 Å². The zero-order valence-corrected chi connectivity index (χ0v) is 15.2. The normalized spacial score (nSPS) is 19.3. The first-order valence-electron chi connectivity index (χ1n) is 8.70. The molecule has 1 fully saturated rings. The molecule has 0 radical (unpaired) electrons. The predicted octanol–water partition coefficient (Wildman–Crippen LogP) is 3.85. The van der Waals surface area contributed by atoms with Crippen LogP contribution in [0.2, 0.25) is 0 Å². The van der Waals surface area contributed by atoms with Gasteiger partial charge < -0.3 is 20.3 Å². The van der Waals surface area contributed by atoms with Gasteiger partial charge in [-0.05, 0) is 61.8 Å². The number of hydrogen-bond donors (Lipinski definition) is 3. The molecule has 0 heterocycles. The van der Waals surface area contributed by atoms with Crippen LogP contribution in [0.15, 0.2) is 18.2 Å². The van der Waals surface area contributed by atoms with Crippen LogP contribution in [0.3, 0.4) is 0 Å². The zero-order valence-electron chi connectivity index (χ0n) is 15.2. The van der Waals surface area contributed by atoms with Crippen molar-refractivity contribution in [2.75, 3.05) is 7.11 Å². The first-order valence-corrected chi connectivity index (χ1v) is 8.70. The number of nitrogens with one attached hydrogen (secondary N) is 1. The molecule has 1 aliphatic rings. The van der Waals surface area contributed by atoms with Gasteiger partial charge in [0.15, 0.2) is 0 Å². The smallest absolute Gasteiger partial charge is 0.497 e. The summed E-state index contributed by atoms with van der Waals surface area (Å²) in [5.41, 5.74) is 2.19. The SMILES string of the molecule is CCC1CCC(NC(=O)Cc2ccc(OC)cc2C)CC1.O=C(O)O. The summed E-state index contributed by atoms with van der Waals surface area (Å²) in [5.74, 6) is 1.85. The molecule has 2 rings (SSSR count). The number of benzene rings is 1. The van der Waals surface area contributed by atoms with Gasteiger partial charge in [0, 0.05) is 6.04 Å². The molecule has 6 nitrogen and oxygen atoms in total. The Balaban J connectivity index is 0.000000705. The molecule has 25 heavy (non-hydrogen) atoms. The average Bonchev–Trinajstić information content (AvgIpc) is 2.57. The van der Waals surface area contributed by atoms with E-state index < -0.39 is 6.16 Å². The fourth-order valence-corrected chi connectivity index (χ4v) is 3.16. The summed E-state index contributed by atoms with van der Waals surface area (Å²) in [6, 6.07) is 6.26. The summed E-state index contributed by atoms with van der Waals surface area (Å²) in [5, 5.41) is 17.1. The molecule has 0 spiro atoms. The summed E-state index contributed by atoms with van der Waals surface area (Å²) in [6.45, 7) is 4.29. The Bertz CT molecular complexity index is 561. The first kappa shape index (κ1) is 20.8. The molecule has 0 atom stereocenters. The van der Waals surface area contributed by atoms with Gasteiger partial charge in [-0.3, -0.25) is 4.79 Å². The third kappa shape index (κ3) is 7.92. The molecule has 0 aromatic heterocycles. The van der Waals surface area contributed by atoms with E-state index in [9.17, 15) is 4.79 Å². The van der Waals surface area contributed by atoms with Gasteiger partial charge in [0.05, 0.1) is 13.5 Å². The van der Waals surface area contributed by atoms with Gasteiger partial charge in [-0.15, -0.1) is 0 Å². The molecule has 1 amide bonds. The second-order valence-corrected chi connectivity index (χ2v) is 6.45. The summed E-state index contributed by atoms with van der Waals surface area (Å²) in [7, 11) is 1.66. The number of aryl methyl sites for hydroxylation is 1. The summed E-state index contributed by atoms with van der Waals surface area (Å²) in [4.78, 5) is 20.8. The Kier molecular flexibility index (Phi) is 8.81. The van der Waals surface area contributed by atoms with Crippen LogP contribution in [-0.2, 0) is 11.2 Å². The minimum atomic E-state index is -1.83. The van der Waals surface area contributed by atoms with Crippen LogP contribution in [-0.4, -0.2) is 35.4 Å². The molecule has 0 bridgehead atoms. The van der Waals surface area contributed by atoms with Crippen molar-refractivity contribution in [3.8, 4) is 5.75 Å². The van der Waals surface area contributed by atoms with Crippen LogP contribution in [0, 0.1) is 12.8 Å².